The van der Waals surface area contributed by atoms with Gasteiger partial charge in [-0.3, -0.25) is 4.79 Å². The highest BCUT2D eigenvalue weighted by molar-refractivity contribution is 7.50. The molecule has 0 aliphatic heterocycles. The second kappa shape index (κ2) is 8.27. The Morgan fingerprint density at radius 2 is 2.14 bits per heavy atom. The van der Waals surface area contributed by atoms with E-state index in [4.69, 9.17) is 0 Å². The minimum atomic E-state index is -3.73. The molecule has 1 aromatic carbocycles. The van der Waals surface area contributed by atoms with Gasteiger partial charge in [0.25, 0.3) is 0 Å². The minimum Gasteiger partial charge on any atom is -0.779 e. The molecule has 3 aliphatic carbocycles. The van der Waals surface area contributed by atoms with E-state index in [0.29, 0.717) is 12.3 Å². The number of benzene rings is 1. The lowest BCUT2D eigenvalue weighted by atomic mass is 9.70. The lowest BCUT2D eigenvalue weighted by molar-refractivity contribution is -0.196. The largest absolute Gasteiger partial charge is 0.779 e. The summed E-state index contributed by atoms with van der Waals surface area (Å²) < 4.78 is 15.6. The normalized spacial score (nSPS) is 20.4. The van der Waals surface area contributed by atoms with E-state index in [1.165, 1.54) is 33.4 Å². The SMILES string of the molecule is CP(=O)([O-])OCCNC(=O)CCCc1cc2c3c(c1)CC=C1C=CC=C(C=C2)C13. The van der Waals surface area contributed by atoms with E-state index in [9.17, 15) is 14.3 Å². The van der Waals surface area contributed by atoms with Gasteiger partial charge in [0.2, 0.25) is 5.91 Å². The predicted octanol–water partition coefficient (Wildman–Crippen LogP) is 3.41. The van der Waals surface area contributed by atoms with Crippen LogP contribution in [0.4, 0.5) is 0 Å². The number of nitrogens with one attached hydrogen (secondary N) is 1. The molecule has 2 atom stereocenters. The molecule has 1 N–H and O–H groups in total. The molecule has 1 amide bonds. The summed E-state index contributed by atoms with van der Waals surface area (Å²) in [6.07, 6.45) is 16.3. The van der Waals surface area contributed by atoms with Gasteiger partial charge in [-0.05, 0) is 52.7 Å². The van der Waals surface area contributed by atoms with Gasteiger partial charge in [0.15, 0.2) is 0 Å². The third-order valence-electron chi connectivity index (χ3n) is 5.52. The fraction of sp³-hybridized carbons (Fsp3) is 0.348. The highest BCUT2D eigenvalue weighted by Crippen LogP contribution is 2.46. The summed E-state index contributed by atoms with van der Waals surface area (Å²) in [7, 11) is -3.73. The first-order valence-electron chi connectivity index (χ1n) is 10.0. The molecule has 4 rings (SSSR count). The molecule has 5 nitrogen and oxygen atoms in total. The van der Waals surface area contributed by atoms with Crippen LogP contribution in [0.15, 0.2) is 53.7 Å². The molecule has 152 valence electrons. The molecule has 0 fully saturated rings. The molecule has 29 heavy (non-hydrogen) atoms. The second-order valence-electron chi connectivity index (χ2n) is 7.77. The Morgan fingerprint density at radius 1 is 1.28 bits per heavy atom. The van der Waals surface area contributed by atoms with E-state index in [-0.39, 0.29) is 19.1 Å². The van der Waals surface area contributed by atoms with Gasteiger partial charge in [-0.15, -0.1) is 0 Å². The monoisotopic (exact) mass is 410 g/mol. The van der Waals surface area contributed by atoms with Crippen LogP contribution >= 0.6 is 7.60 Å². The first-order valence-corrected chi connectivity index (χ1v) is 12.0. The molecule has 0 saturated heterocycles. The van der Waals surface area contributed by atoms with Crippen molar-refractivity contribution in [1.29, 1.82) is 0 Å². The van der Waals surface area contributed by atoms with Crippen LogP contribution in [-0.4, -0.2) is 25.7 Å². The molecule has 0 saturated carbocycles. The quantitative estimate of drug-likeness (QED) is 0.526. The topological polar surface area (TPSA) is 78.5 Å². The number of aryl methyl sites for hydroxylation is 1. The van der Waals surface area contributed by atoms with Crippen molar-refractivity contribution in [1.82, 2.24) is 5.32 Å². The van der Waals surface area contributed by atoms with E-state index in [2.05, 4.69) is 58.4 Å². The van der Waals surface area contributed by atoms with Crippen LogP contribution < -0.4 is 10.2 Å². The van der Waals surface area contributed by atoms with Crippen LogP contribution in [0.3, 0.4) is 0 Å². The first-order chi connectivity index (χ1) is 13.9. The second-order valence-corrected chi connectivity index (χ2v) is 9.57. The van der Waals surface area contributed by atoms with Crippen molar-refractivity contribution in [2.75, 3.05) is 19.8 Å². The van der Waals surface area contributed by atoms with E-state index >= 15 is 0 Å². The van der Waals surface area contributed by atoms with E-state index < -0.39 is 7.60 Å². The molecule has 2 unspecified atom stereocenters. The Balaban J connectivity index is 1.33. The molecule has 0 bridgehead atoms. The molecular formula is C23H25NO4P-. The fourth-order valence-electron chi connectivity index (χ4n) is 4.29. The van der Waals surface area contributed by atoms with Gasteiger partial charge < -0.3 is 19.3 Å². The van der Waals surface area contributed by atoms with Crippen molar-refractivity contribution in [3.8, 4) is 0 Å². The molecule has 0 radical (unpaired) electrons. The zero-order valence-electron chi connectivity index (χ0n) is 16.5. The summed E-state index contributed by atoms with van der Waals surface area (Å²) in [5, 5.41) is 2.70. The van der Waals surface area contributed by atoms with Gasteiger partial charge >= 0.3 is 0 Å². The third kappa shape index (κ3) is 4.69. The fourth-order valence-corrected chi connectivity index (χ4v) is 4.72. The van der Waals surface area contributed by atoms with E-state index in [1.54, 1.807) is 0 Å². The lowest BCUT2D eigenvalue weighted by Gasteiger charge is -2.33. The summed E-state index contributed by atoms with van der Waals surface area (Å²) in [6, 6.07) is 4.55. The van der Waals surface area contributed by atoms with Crippen LogP contribution in [-0.2, 0) is 26.7 Å². The third-order valence-corrected chi connectivity index (χ3v) is 6.17. The van der Waals surface area contributed by atoms with Crippen molar-refractivity contribution in [2.24, 2.45) is 0 Å². The predicted molar refractivity (Wildman–Crippen MR) is 113 cm³/mol. The zero-order valence-corrected chi connectivity index (χ0v) is 17.4. The average Bonchev–Trinajstić information content (AvgIpc) is 2.68. The van der Waals surface area contributed by atoms with Crippen molar-refractivity contribution in [2.45, 2.75) is 31.6 Å². The number of rotatable bonds is 8. The van der Waals surface area contributed by atoms with Crippen molar-refractivity contribution >= 4 is 19.6 Å². The van der Waals surface area contributed by atoms with Crippen LogP contribution in [0.1, 0.15) is 41.0 Å². The molecule has 0 aromatic heterocycles. The van der Waals surface area contributed by atoms with Crippen LogP contribution in [0.5, 0.6) is 0 Å². The molecule has 3 aliphatic rings. The Hall–Kier alpha value is -2.20. The Bertz CT molecular complexity index is 996. The summed E-state index contributed by atoms with van der Waals surface area (Å²) in [5.41, 5.74) is 8.13. The molecular weight excluding hydrogens is 385 g/mol. The standard InChI is InChI=1S/C23H26NO4P/c1-29(26,27)28-13-12-24-21(25)7-2-4-16-14-19-10-8-17-5-3-6-18-9-11-20(15-16)23(19)22(17)18/h3,5-6,8-10,14-15,22H,2,4,7,11-13H2,1H3,(H,24,25)(H,26,27)/p-1. The molecule has 6 heteroatoms. The highest BCUT2D eigenvalue weighted by atomic mass is 31.2. The van der Waals surface area contributed by atoms with Gasteiger partial charge in [0.1, 0.15) is 7.60 Å². The van der Waals surface area contributed by atoms with Crippen molar-refractivity contribution < 1.29 is 18.8 Å². The summed E-state index contributed by atoms with van der Waals surface area (Å²) in [6.45, 7) is 1.20. The Kier molecular flexibility index (Phi) is 5.73. The Labute approximate surface area is 171 Å². The van der Waals surface area contributed by atoms with Gasteiger partial charge in [-0.2, -0.15) is 0 Å². The number of carbonyl (C=O) groups excluding carboxylic acids is 1. The number of amides is 1. The van der Waals surface area contributed by atoms with Crippen LogP contribution in [0, 0.1) is 0 Å². The Morgan fingerprint density at radius 3 is 2.97 bits per heavy atom. The number of hydrogen-bond donors (Lipinski definition) is 1. The van der Waals surface area contributed by atoms with E-state index in [1.807, 2.05) is 0 Å². The maximum atomic E-state index is 11.9. The molecule has 1 aromatic rings. The van der Waals surface area contributed by atoms with Crippen molar-refractivity contribution in [3.63, 3.8) is 0 Å². The van der Waals surface area contributed by atoms with Gasteiger partial charge in [-0.1, -0.05) is 48.6 Å². The summed E-state index contributed by atoms with van der Waals surface area (Å²) >= 11 is 0. The highest BCUT2D eigenvalue weighted by Gasteiger charge is 2.30. The van der Waals surface area contributed by atoms with Crippen molar-refractivity contribution in [3.05, 3.63) is 75.9 Å². The van der Waals surface area contributed by atoms with Gasteiger partial charge in [0.05, 0.1) is 6.61 Å². The van der Waals surface area contributed by atoms with Crippen LogP contribution in [0.25, 0.3) is 6.08 Å². The molecule has 0 spiro atoms. The first kappa shape index (κ1) is 20.1. The summed E-state index contributed by atoms with van der Waals surface area (Å²) in [4.78, 5) is 22.9. The maximum absolute atomic E-state index is 11.9. The van der Waals surface area contributed by atoms with Gasteiger partial charge in [-0.25, -0.2) is 0 Å². The number of carbonyl (C=O) groups is 1. The average molecular weight is 410 g/mol. The lowest BCUT2D eigenvalue weighted by Crippen LogP contribution is -2.27. The number of allylic oxidation sites excluding steroid dienone is 7. The zero-order chi connectivity index (χ0) is 20.4. The van der Waals surface area contributed by atoms with Gasteiger partial charge in [0, 0.05) is 25.5 Å². The minimum absolute atomic E-state index is 0.0220. The van der Waals surface area contributed by atoms with Crippen LogP contribution in [0.2, 0.25) is 0 Å². The van der Waals surface area contributed by atoms with E-state index in [0.717, 1.165) is 25.9 Å². The molecule has 0 heterocycles. The smallest absolute Gasteiger partial charge is 0.220 e. The summed E-state index contributed by atoms with van der Waals surface area (Å²) in [5.74, 6) is 0.291. The number of hydrogen-bond acceptors (Lipinski definition) is 4. The maximum Gasteiger partial charge on any atom is 0.220 e.